The van der Waals surface area contributed by atoms with E-state index in [0.29, 0.717) is 25.2 Å². The molecule has 1 atom stereocenters. The zero-order valence-corrected chi connectivity index (χ0v) is 13.2. The molecule has 0 bridgehead atoms. The Kier molecular flexibility index (Phi) is 3.90. The van der Waals surface area contributed by atoms with Gasteiger partial charge in [0.25, 0.3) is 0 Å². The molecule has 0 aliphatic carbocycles. The van der Waals surface area contributed by atoms with Gasteiger partial charge in [-0.15, -0.1) is 16.4 Å². The molecule has 0 saturated carbocycles. The fraction of sp³-hybridized carbons (Fsp3) is 0.364. The Balaban J connectivity index is 1.75. The molecule has 0 unspecified atom stereocenters. The number of hydrogen-bond donors (Lipinski definition) is 1. The third kappa shape index (κ3) is 3.06. The lowest BCUT2D eigenvalue weighted by Gasteiger charge is -2.11. The highest BCUT2D eigenvalue weighted by molar-refractivity contribution is 7.91. The van der Waals surface area contributed by atoms with E-state index >= 15 is 0 Å². The molecular formula is C11H11N5O2S3. The number of nitrogens with one attached hydrogen (secondary N) is 1. The number of sulfonamides is 1. The second-order valence-electron chi connectivity index (χ2n) is 4.56. The van der Waals surface area contributed by atoms with Gasteiger partial charge in [0.2, 0.25) is 10.0 Å². The Labute approximate surface area is 130 Å². The zero-order valence-electron chi connectivity index (χ0n) is 10.8. The topological polar surface area (TPSA) is 99.0 Å². The number of likely N-dealkylation sites (tertiary alicyclic amines) is 1. The highest BCUT2D eigenvalue weighted by Crippen LogP contribution is 2.30. The number of hydrogen-bond acceptors (Lipinski definition) is 8. The van der Waals surface area contributed by atoms with Crippen molar-refractivity contribution in [2.24, 2.45) is 0 Å². The quantitative estimate of drug-likeness (QED) is 0.836. The summed E-state index contributed by atoms with van der Waals surface area (Å²) in [5.41, 5.74) is 0.683. The molecule has 0 radical (unpaired) electrons. The van der Waals surface area contributed by atoms with Crippen LogP contribution in [0.25, 0.3) is 10.6 Å². The normalized spacial score (nSPS) is 18.8. The summed E-state index contributed by atoms with van der Waals surface area (Å²) in [7, 11) is -3.56. The molecule has 7 nitrogen and oxygen atoms in total. The van der Waals surface area contributed by atoms with E-state index in [9.17, 15) is 8.42 Å². The fourth-order valence-corrected chi connectivity index (χ4v) is 5.17. The lowest BCUT2D eigenvalue weighted by Crippen LogP contribution is -2.36. The molecule has 21 heavy (non-hydrogen) atoms. The maximum Gasteiger partial charge on any atom is 0.250 e. The van der Waals surface area contributed by atoms with Crippen LogP contribution in [0, 0.1) is 11.5 Å². The molecule has 1 fully saturated rings. The van der Waals surface area contributed by atoms with Gasteiger partial charge in [-0.2, -0.15) is 5.26 Å². The van der Waals surface area contributed by atoms with Gasteiger partial charge in [0.05, 0.1) is 4.88 Å². The van der Waals surface area contributed by atoms with Gasteiger partial charge in [0.1, 0.15) is 9.90 Å². The average Bonchev–Trinajstić information content (AvgIpc) is 3.19. The van der Waals surface area contributed by atoms with Crippen LogP contribution >= 0.6 is 22.9 Å². The molecule has 1 N–H and O–H groups in total. The molecule has 110 valence electrons. The van der Waals surface area contributed by atoms with E-state index in [1.807, 2.05) is 6.19 Å². The number of rotatable bonds is 4. The summed E-state index contributed by atoms with van der Waals surface area (Å²) >= 11 is 2.39. The Hall–Kier alpha value is -1.54. The molecule has 10 heteroatoms. The van der Waals surface area contributed by atoms with E-state index in [0.717, 1.165) is 16.2 Å². The van der Waals surface area contributed by atoms with Crippen molar-refractivity contribution >= 4 is 32.9 Å². The molecule has 0 aromatic carbocycles. The van der Waals surface area contributed by atoms with Gasteiger partial charge < -0.3 is 4.90 Å². The molecular weight excluding hydrogens is 330 g/mol. The van der Waals surface area contributed by atoms with Crippen LogP contribution in [0.4, 0.5) is 0 Å². The lowest BCUT2D eigenvalue weighted by atomic mass is 10.3. The van der Waals surface area contributed by atoms with Crippen molar-refractivity contribution in [2.75, 3.05) is 13.1 Å². The van der Waals surface area contributed by atoms with Crippen molar-refractivity contribution in [3.8, 4) is 16.8 Å². The Morgan fingerprint density at radius 2 is 2.33 bits per heavy atom. The summed E-state index contributed by atoms with van der Waals surface area (Å²) in [4.78, 5) is 2.32. The number of nitriles is 1. The minimum absolute atomic E-state index is 0.221. The minimum Gasteiger partial charge on any atom is -0.309 e. The van der Waals surface area contributed by atoms with Crippen molar-refractivity contribution < 1.29 is 8.42 Å². The maximum atomic E-state index is 12.3. The standard InChI is InChI=1S/C11H11N5O2S3/c12-7-16-4-3-8(5-16)14-21(17,18)11-2-1-10(20-11)9-6-19-15-13-9/h1-2,6,8,14H,3-5H2/t8-/m1/s1. The van der Waals surface area contributed by atoms with E-state index < -0.39 is 10.0 Å². The summed E-state index contributed by atoms with van der Waals surface area (Å²) < 4.78 is 31.3. The van der Waals surface area contributed by atoms with Crippen LogP contribution in [0.2, 0.25) is 0 Å². The molecule has 2 aromatic heterocycles. The van der Waals surface area contributed by atoms with Crippen molar-refractivity contribution in [1.82, 2.24) is 19.2 Å². The van der Waals surface area contributed by atoms with Gasteiger partial charge in [0, 0.05) is 24.5 Å². The molecule has 2 aromatic rings. The second-order valence-corrected chi connectivity index (χ2v) is 8.20. The molecule has 3 rings (SSSR count). The van der Waals surface area contributed by atoms with E-state index in [2.05, 4.69) is 14.3 Å². The van der Waals surface area contributed by atoms with Gasteiger partial charge in [0.15, 0.2) is 6.19 Å². The van der Waals surface area contributed by atoms with Gasteiger partial charge in [-0.25, -0.2) is 13.1 Å². The van der Waals surface area contributed by atoms with Crippen LogP contribution in [-0.4, -0.2) is 42.0 Å². The molecule has 0 spiro atoms. The SMILES string of the molecule is N#CN1CC[C@@H](NS(=O)(=O)c2ccc(-c3csnn3)s2)C1. The molecule has 3 heterocycles. The van der Waals surface area contributed by atoms with Crippen LogP contribution in [0.15, 0.2) is 21.7 Å². The zero-order chi connectivity index (χ0) is 14.9. The fourth-order valence-electron chi connectivity index (χ4n) is 2.10. The predicted octanol–water partition coefficient (Wildman–Crippen LogP) is 1.10. The van der Waals surface area contributed by atoms with Crippen molar-refractivity contribution in [1.29, 1.82) is 5.26 Å². The highest BCUT2D eigenvalue weighted by Gasteiger charge is 2.27. The van der Waals surface area contributed by atoms with Crippen LogP contribution in [0.1, 0.15) is 6.42 Å². The van der Waals surface area contributed by atoms with E-state index in [1.165, 1.54) is 11.5 Å². The molecule has 1 aliphatic heterocycles. The van der Waals surface area contributed by atoms with Crippen LogP contribution < -0.4 is 4.72 Å². The van der Waals surface area contributed by atoms with Crippen molar-refractivity contribution in [3.05, 3.63) is 17.5 Å². The third-order valence-corrected chi connectivity index (χ3v) is 6.73. The summed E-state index contributed by atoms with van der Waals surface area (Å²) in [6, 6.07) is 3.08. The summed E-state index contributed by atoms with van der Waals surface area (Å²) in [5.74, 6) is 0. The van der Waals surface area contributed by atoms with E-state index in [4.69, 9.17) is 5.26 Å². The molecule has 0 amide bonds. The summed E-state index contributed by atoms with van der Waals surface area (Å²) in [6.45, 7) is 1.01. The first kappa shape index (κ1) is 14.4. The van der Waals surface area contributed by atoms with Crippen LogP contribution in [0.5, 0.6) is 0 Å². The average molecular weight is 341 g/mol. The van der Waals surface area contributed by atoms with Gasteiger partial charge in [-0.05, 0) is 30.1 Å². The first-order valence-electron chi connectivity index (χ1n) is 6.13. The summed E-state index contributed by atoms with van der Waals surface area (Å²) in [5, 5.41) is 14.5. The molecule has 1 saturated heterocycles. The van der Waals surface area contributed by atoms with E-state index in [-0.39, 0.29) is 10.3 Å². The number of thiophene rings is 1. The Morgan fingerprint density at radius 3 is 3.00 bits per heavy atom. The number of aromatic nitrogens is 2. The Bertz CT molecular complexity index is 762. The highest BCUT2D eigenvalue weighted by atomic mass is 32.2. The number of nitrogens with zero attached hydrogens (tertiary/aromatic N) is 4. The largest absolute Gasteiger partial charge is 0.309 e. The second kappa shape index (κ2) is 5.69. The lowest BCUT2D eigenvalue weighted by molar-refractivity contribution is 0.470. The van der Waals surface area contributed by atoms with Crippen molar-refractivity contribution in [2.45, 2.75) is 16.7 Å². The maximum absolute atomic E-state index is 12.3. The van der Waals surface area contributed by atoms with Gasteiger partial charge in [-0.1, -0.05) is 4.49 Å². The third-order valence-electron chi connectivity index (χ3n) is 3.11. The Morgan fingerprint density at radius 1 is 1.48 bits per heavy atom. The van der Waals surface area contributed by atoms with Gasteiger partial charge >= 0.3 is 0 Å². The minimum atomic E-state index is -3.56. The predicted molar refractivity (Wildman–Crippen MR) is 79.1 cm³/mol. The van der Waals surface area contributed by atoms with Gasteiger partial charge in [-0.3, -0.25) is 0 Å². The summed E-state index contributed by atoms with van der Waals surface area (Å²) in [6.07, 6.45) is 2.67. The first-order valence-corrected chi connectivity index (χ1v) is 9.26. The molecule has 1 aliphatic rings. The van der Waals surface area contributed by atoms with Crippen LogP contribution in [0.3, 0.4) is 0 Å². The van der Waals surface area contributed by atoms with Crippen molar-refractivity contribution in [3.63, 3.8) is 0 Å². The first-order chi connectivity index (χ1) is 10.1. The van der Waals surface area contributed by atoms with Crippen LogP contribution in [-0.2, 0) is 10.0 Å². The monoisotopic (exact) mass is 341 g/mol. The van der Waals surface area contributed by atoms with E-state index in [1.54, 1.807) is 22.4 Å². The smallest absolute Gasteiger partial charge is 0.250 e.